The van der Waals surface area contributed by atoms with Gasteiger partial charge in [0.1, 0.15) is 0 Å². The van der Waals surface area contributed by atoms with Crippen molar-refractivity contribution in [3.05, 3.63) is 0 Å². The van der Waals surface area contributed by atoms with Crippen molar-refractivity contribution in [3.8, 4) is 0 Å². The number of hydrogen-bond donors (Lipinski definition) is 1. The van der Waals surface area contributed by atoms with E-state index in [-0.39, 0.29) is 12.5 Å². The van der Waals surface area contributed by atoms with E-state index in [9.17, 15) is 9.59 Å². The number of carbonyl (C=O) groups excluding carboxylic acids is 2. The van der Waals surface area contributed by atoms with Crippen molar-refractivity contribution in [3.63, 3.8) is 0 Å². The molecule has 0 bridgehead atoms. The van der Waals surface area contributed by atoms with E-state index in [0.29, 0.717) is 6.42 Å². The molecular weight excluding hydrogens is 214 g/mol. The van der Waals surface area contributed by atoms with E-state index >= 15 is 0 Å². The number of ether oxygens (including phenoxy) is 3. The summed E-state index contributed by atoms with van der Waals surface area (Å²) in [6.45, 7) is 1.60. The topological polar surface area (TPSA) is 73.9 Å². The Morgan fingerprint density at radius 1 is 1.19 bits per heavy atom. The first kappa shape index (κ1) is 14.9. The molecule has 0 aliphatic carbocycles. The Balaban J connectivity index is 4.30. The molecule has 1 amide bonds. The maximum Gasteiger partial charge on any atom is 0.310 e. The van der Waals surface area contributed by atoms with Gasteiger partial charge in [-0.3, -0.25) is 9.59 Å². The van der Waals surface area contributed by atoms with E-state index in [4.69, 9.17) is 9.47 Å². The predicted octanol–water partition coefficient (Wildman–Crippen LogP) is -0.0793. The van der Waals surface area contributed by atoms with Crippen LogP contribution < -0.4 is 5.32 Å². The number of esters is 1. The zero-order valence-corrected chi connectivity index (χ0v) is 10.1. The second kappa shape index (κ2) is 8.06. The maximum atomic E-state index is 11.4. The largest absolute Gasteiger partial charge is 0.469 e. The normalized spacial score (nSPS) is 12.3. The molecule has 6 nitrogen and oxygen atoms in total. The van der Waals surface area contributed by atoms with Gasteiger partial charge in [0.15, 0.2) is 6.29 Å². The summed E-state index contributed by atoms with van der Waals surface area (Å²) in [5, 5.41) is 2.56. The first-order valence-corrected chi connectivity index (χ1v) is 4.93. The second-order valence-electron chi connectivity index (χ2n) is 3.29. The molecule has 0 saturated carbocycles. The first-order chi connectivity index (χ1) is 7.54. The molecule has 0 aliphatic rings. The smallest absolute Gasteiger partial charge is 0.310 e. The first-order valence-electron chi connectivity index (χ1n) is 4.93. The van der Waals surface area contributed by atoms with Crippen LogP contribution in [0.1, 0.15) is 13.3 Å². The fourth-order valence-corrected chi connectivity index (χ4v) is 1.22. The second-order valence-corrected chi connectivity index (χ2v) is 3.29. The van der Waals surface area contributed by atoms with Gasteiger partial charge in [-0.15, -0.1) is 0 Å². The summed E-state index contributed by atoms with van der Waals surface area (Å²) in [5.74, 6) is -1.06. The third kappa shape index (κ3) is 5.67. The van der Waals surface area contributed by atoms with Crippen molar-refractivity contribution >= 4 is 11.9 Å². The summed E-state index contributed by atoms with van der Waals surface area (Å²) >= 11 is 0. The van der Waals surface area contributed by atoms with Crippen LogP contribution in [0.3, 0.4) is 0 Å². The van der Waals surface area contributed by atoms with E-state index in [2.05, 4.69) is 10.1 Å². The van der Waals surface area contributed by atoms with Gasteiger partial charge < -0.3 is 19.5 Å². The summed E-state index contributed by atoms with van der Waals surface area (Å²) in [4.78, 5) is 22.2. The Hall–Kier alpha value is -1.14. The van der Waals surface area contributed by atoms with Crippen LogP contribution in [0, 0.1) is 5.92 Å². The number of methoxy groups -OCH3 is 3. The van der Waals surface area contributed by atoms with Gasteiger partial charge in [-0.05, 0) is 0 Å². The molecule has 0 saturated heterocycles. The zero-order valence-electron chi connectivity index (χ0n) is 10.1. The Labute approximate surface area is 95.2 Å². The molecule has 0 aromatic rings. The summed E-state index contributed by atoms with van der Waals surface area (Å²) in [6, 6.07) is 0. The molecule has 0 heterocycles. The highest BCUT2D eigenvalue weighted by Gasteiger charge is 2.23. The molecule has 0 aromatic carbocycles. The molecule has 16 heavy (non-hydrogen) atoms. The van der Waals surface area contributed by atoms with Gasteiger partial charge in [0.05, 0.1) is 13.0 Å². The molecule has 0 radical (unpaired) electrons. The van der Waals surface area contributed by atoms with Crippen LogP contribution in [0.15, 0.2) is 0 Å². The molecule has 0 aliphatic heterocycles. The van der Waals surface area contributed by atoms with Crippen LogP contribution in [-0.4, -0.2) is 46.0 Å². The lowest BCUT2D eigenvalue weighted by Gasteiger charge is -2.19. The van der Waals surface area contributed by atoms with Gasteiger partial charge in [0.2, 0.25) is 5.91 Å². The van der Waals surface area contributed by atoms with E-state index in [1.54, 1.807) is 0 Å². The summed E-state index contributed by atoms with van der Waals surface area (Å²) < 4.78 is 14.6. The highest BCUT2D eigenvalue weighted by molar-refractivity contribution is 5.76. The van der Waals surface area contributed by atoms with Crippen LogP contribution in [-0.2, 0) is 23.8 Å². The van der Waals surface area contributed by atoms with Crippen LogP contribution in [0.25, 0.3) is 0 Å². The molecule has 94 valence electrons. The SMILES string of the molecule is COC(=O)C(CNC(C)=O)CC(OC)OC. The quantitative estimate of drug-likeness (QED) is 0.492. The number of rotatable bonds is 7. The molecule has 1 atom stereocenters. The van der Waals surface area contributed by atoms with Crippen molar-refractivity contribution in [2.75, 3.05) is 27.9 Å². The Bertz CT molecular complexity index is 227. The fourth-order valence-electron chi connectivity index (χ4n) is 1.22. The number of nitrogens with one attached hydrogen (secondary N) is 1. The predicted molar refractivity (Wildman–Crippen MR) is 56.6 cm³/mol. The monoisotopic (exact) mass is 233 g/mol. The maximum absolute atomic E-state index is 11.4. The van der Waals surface area contributed by atoms with E-state index in [1.165, 1.54) is 28.3 Å². The van der Waals surface area contributed by atoms with Crippen molar-refractivity contribution in [2.24, 2.45) is 5.92 Å². The Kier molecular flexibility index (Phi) is 7.49. The molecule has 0 spiro atoms. The minimum absolute atomic E-state index is 0.194. The van der Waals surface area contributed by atoms with Crippen molar-refractivity contribution in [2.45, 2.75) is 19.6 Å². The van der Waals surface area contributed by atoms with Gasteiger partial charge in [-0.2, -0.15) is 0 Å². The lowest BCUT2D eigenvalue weighted by atomic mass is 10.1. The highest BCUT2D eigenvalue weighted by atomic mass is 16.7. The van der Waals surface area contributed by atoms with Crippen molar-refractivity contribution in [1.29, 1.82) is 0 Å². The average Bonchev–Trinajstić information content (AvgIpc) is 2.28. The molecular formula is C10H19NO5. The van der Waals surface area contributed by atoms with Gasteiger partial charge in [-0.1, -0.05) is 0 Å². The van der Waals surface area contributed by atoms with Gasteiger partial charge in [0.25, 0.3) is 0 Å². The summed E-state index contributed by atoms with van der Waals surface area (Å²) in [7, 11) is 4.28. The Morgan fingerprint density at radius 3 is 2.12 bits per heavy atom. The average molecular weight is 233 g/mol. The number of amides is 1. The molecule has 0 aromatic heterocycles. The van der Waals surface area contributed by atoms with E-state index in [0.717, 1.165) is 0 Å². The van der Waals surface area contributed by atoms with E-state index < -0.39 is 18.2 Å². The molecule has 0 fully saturated rings. The standard InChI is InChI=1S/C10H19NO5/c1-7(12)11-6-8(10(13)16-4)5-9(14-2)15-3/h8-9H,5-6H2,1-4H3,(H,11,12). The highest BCUT2D eigenvalue weighted by Crippen LogP contribution is 2.11. The summed E-state index contributed by atoms with van der Waals surface area (Å²) in [6.07, 6.45) is -0.155. The number of hydrogen-bond acceptors (Lipinski definition) is 5. The van der Waals surface area contributed by atoms with Gasteiger partial charge >= 0.3 is 5.97 Å². The molecule has 1 unspecified atom stereocenters. The lowest BCUT2D eigenvalue weighted by Crippen LogP contribution is -2.35. The third-order valence-electron chi connectivity index (χ3n) is 2.13. The zero-order chi connectivity index (χ0) is 12.6. The van der Waals surface area contributed by atoms with Gasteiger partial charge in [-0.25, -0.2) is 0 Å². The third-order valence-corrected chi connectivity index (χ3v) is 2.13. The molecule has 0 rings (SSSR count). The fraction of sp³-hybridized carbons (Fsp3) is 0.800. The van der Waals surface area contributed by atoms with Crippen LogP contribution >= 0.6 is 0 Å². The van der Waals surface area contributed by atoms with Crippen molar-refractivity contribution < 1.29 is 23.8 Å². The van der Waals surface area contributed by atoms with Crippen molar-refractivity contribution in [1.82, 2.24) is 5.32 Å². The van der Waals surface area contributed by atoms with E-state index in [1.807, 2.05) is 0 Å². The van der Waals surface area contributed by atoms with Gasteiger partial charge in [0, 0.05) is 34.1 Å². The molecule has 6 heteroatoms. The molecule has 1 N–H and O–H groups in total. The minimum Gasteiger partial charge on any atom is -0.469 e. The lowest BCUT2D eigenvalue weighted by molar-refractivity contribution is -0.153. The van der Waals surface area contributed by atoms with Crippen LogP contribution in [0.5, 0.6) is 0 Å². The Morgan fingerprint density at radius 2 is 1.75 bits per heavy atom. The number of carbonyl (C=O) groups is 2. The van der Waals surface area contributed by atoms with Crippen LogP contribution in [0.2, 0.25) is 0 Å². The summed E-state index contributed by atoms with van der Waals surface area (Å²) in [5.41, 5.74) is 0. The van der Waals surface area contributed by atoms with Crippen LogP contribution in [0.4, 0.5) is 0 Å². The minimum atomic E-state index is -0.488.